The van der Waals surface area contributed by atoms with E-state index in [9.17, 15) is 14.3 Å². The molecule has 0 aliphatic carbocycles. The molecule has 0 unspecified atom stereocenters. The number of hydrogen-bond donors (Lipinski definition) is 1. The van der Waals surface area contributed by atoms with E-state index in [1.165, 1.54) is 30.1 Å². The van der Waals surface area contributed by atoms with E-state index in [0.29, 0.717) is 11.9 Å². The summed E-state index contributed by atoms with van der Waals surface area (Å²) in [6.45, 7) is 0. The molecular weight excluding hydrogens is 273 g/mol. The predicted molar refractivity (Wildman–Crippen MR) is 75.4 cm³/mol. The van der Waals surface area contributed by atoms with Crippen LogP contribution in [0.4, 0.5) is 4.39 Å². The van der Waals surface area contributed by atoms with E-state index < -0.39 is 0 Å². The van der Waals surface area contributed by atoms with Crippen LogP contribution in [0.3, 0.4) is 0 Å². The maximum absolute atomic E-state index is 12.8. The highest BCUT2D eigenvalue weighted by Crippen LogP contribution is 2.13. The van der Waals surface area contributed by atoms with Gasteiger partial charge in [0.2, 0.25) is 0 Å². The maximum Gasteiger partial charge on any atom is 0.188 e. The number of halogens is 1. The summed E-state index contributed by atoms with van der Waals surface area (Å²) in [7, 11) is 3.21. The summed E-state index contributed by atoms with van der Waals surface area (Å²) in [5.74, 6) is -0.803. The monoisotopic (exact) mass is 289 g/mol. The summed E-state index contributed by atoms with van der Waals surface area (Å²) in [6.07, 6.45) is 2.08. The number of hydrogen-bond acceptors (Lipinski definition) is 4. The Labute approximate surface area is 121 Å². The van der Waals surface area contributed by atoms with Crippen LogP contribution in [-0.2, 0) is 13.5 Å². The number of aryl methyl sites for hydroxylation is 2. The standard InChI is InChI=1S/C15H16FN3O2/c1-17-15-14(21)13(18-9-19(15)2)12(20)8-5-10-3-6-11(16)7-4-10/h3-4,6-7,9,21H,5,8H2,1-2H3. The fourth-order valence-corrected chi connectivity index (χ4v) is 2.03. The molecule has 110 valence electrons. The first-order chi connectivity index (χ1) is 10.0. The molecule has 1 heterocycles. The van der Waals surface area contributed by atoms with E-state index in [1.807, 2.05) is 0 Å². The number of ketones is 1. The minimum absolute atomic E-state index is 0.0100. The molecule has 0 amide bonds. The van der Waals surface area contributed by atoms with Crippen LogP contribution in [0.2, 0.25) is 0 Å². The van der Waals surface area contributed by atoms with Crippen LogP contribution in [0.5, 0.6) is 5.75 Å². The molecule has 0 aliphatic rings. The van der Waals surface area contributed by atoms with Gasteiger partial charge in [0.15, 0.2) is 22.7 Å². The van der Waals surface area contributed by atoms with Gasteiger partial charge in [-0.3, -0.25) is 9.79 Å². The van der Waals surface area contributed by atoms with Gasteiger partial charge in [-0.1, -0.05) is 12.1 Å². The SMILES string of the molecule is CN=c1c(O)c(C(=O)CCc2ccc(F)cc2)ncn1C. The molecular formula is C15H16FN3O2. The van der Waals surface area contributed by atoms with Crippen LogP contribution in [0.15, 0.2) is 35.6 Å². The minimum Gasteiger partial charge on any atom is -0.503 e. The summed E-state index contributed by atoms with van der Waals surface area (Å²) in [4.78, 5) is 20.0. The van der Waals surface area contributed by atoms with E-state index in [-0.39, 0.29) is 29.5 Å². The Morgan fingerprint density at radius 1 is 1.38 bits per heavy atom. The average Bonchev–Trinajstić information content (AvgIpc) is 2.47. The van der Waals surface area contributed by atoms with Crippen LogP contribution >= 0.6 is 0 Å². The number of rotatable bonds is 4. The molecule has 0 saturated carbocycles. The molecule has 1 aromatic heterocycles. The third-order valence-corrected chi connectivity index (χ3v) is 3.16. The van der Waals surface area contributed by atoms with Crippen LogP contribution in [-0.4, -0.2) is 27.5 Å². The lowest BCUT2D eigenvalue weighted by Crippen LogP contribution is -2.21. The molecule has 0 spiro atoms. The van der Waals surface area contributed by atoms with Crippen molar-refractivity contribution < 1.29 is 14.3 Å². The van der Waals surface area contributed by atoms with Crippen LogP contribution in [0, 0.1) is 5.82 Å². The zero-order valence-electron chi connectivity index (χ0n) is 11.9. The molecule has 0 atom stereocenters. The van der Waals surface area contributed by atoms with Gasteiger partial charge in [-0.2, -0.15) is 0 Å². The third kappa shape index (κ3) is 3.34. The topological polar surface area (TPSA) is 67.5 Å². The molecule has 5 nitrogen and oxygen atoms in total. The largest absolute Gasteiger partial charge is 0.503 e. The zero-order valence-corrected chi connectivity index (χ0v) is 11.9. The third-order valence-electron chi connectivity index (χ3n) is 3.16. The van der Waals surface area contributed by atoms with Gasteiger partial charge in [-0.25, -0.2) is 9.37 Å². The van der Waals surface area contributed by atoms with Gasteiger partial charge >= 0.3 is 0 Å². The van der Waals surface area contributed by atoms with Crippen LogP contribution in [0.1, 0.15) is 22.5 Å². The second kappa shape index (κ2) is 6.30. The van der Waals surface area contributed by atoms with Crippen LogP contribution < -0.4 is 5.49 Å². The molecule has 1 aromatic carbocycles. The van der Waals surface area contributed by atoms with Crippen LogP contribution in [0.25, 0.3) is 0 Å². The number of carbonyl (C=O) groups is 1. The van der Waals surface area contributed by atoms with Crippen molar-refractivity contribution in [2.45, 2.75) is 12.8 Å². The van der Waals surface area contributed by atoms with Gasteiger partial charge in [0.1, 0.15) is 5.82 Å². The Balaban J connectivity index is 2.16. The van der Waals surface area contributed by atoms with Gasteiger partial charge in [0.25, 0.3) is 0 Å². The van der Waals surface area contributed by atoms with E-state index in [1.54, 1.807) is 19.2 Å². The highest BCUT2D eigenvalue weighted by molar-refractivity contribution is 5.96. The highest BCUT2D eigenvalue weighted by atomic mass is 19.1. The molecule has 2 aromatic rings. The van der Waals surface area contributed by atoms with Gasteiger partial charge in [-0.05, 0) is 24.1 Å². The predicted octanol–water partition coefficient (Wildman–Crippen LogP) is 1.61. The summed E-state index contributed by atoms with van der Waals surface area (Å²) < 4.78 is 14.3. The van der Waals surface area contributed by atoms with E-state index in [0.717, 1.165) is 5.56 Å². The first-order valence-corrected chi connectivity index (χ1v) is 6.48. The van der Waals surface area contributed by atoms with Crippen molar-refractivity contribution in [2.75, 3.05) is 7.05 Å². The minimum atomic E-state index is -0.311. The van der Waals surface area contributed by atoms with Crippen molar-refractivity contribution >= 4 is 5.78 Å². The number of aromatic nitrogens is 2. The van der Waals surface area contributed by atoms with E-state index >= 15 is 0 Å². The molecule has 6 heteroatoms. The lowest BCUT2D eigenvalue weighted by atomic mass is 10.1. The number of carbonyl (C=O) groups excluding carboxylic acids is 1. The number of Topliss-reactive ketones (excluding diaryl/α,β-unsaturated/α-hetero) is 1. The second-order valence-electron chi connectivity index (χ2n) is 4.65. The smallest absolute Gasteiger partial charge is 0.188 e. The number of nitrogens with zero attached hydrogens (tertiary/aromatic N) is 3. The molecule has 0 aliphatic heterocycles. The van der Waals surface area contributed by atoms with Crippen molar-refractivity contribution in [3.8, 4) is 5.75 Å². The average molecular weight is 289 g/mol. The van der Waals surface area contributed by atoms with E-state index in [4.69, 9.17) is 0 Å². The zero-order chi connectivity index (χ0) is 15.4. The van der Waals surface area contributed by atoms with Crippen molar-refractivity contribution in [3.63, 3.8) is 0 Å². The second-order valence-corrected chi connectivity index (χ2v) is 4.65. The summed E-state index contributed by atoms with van der Waals surface area (Å²) in [5, 5.41) is 10.0. The molecule has 0 saturated heterocycles. The molecule has 0 radical (unpaired) electrons. The first kappa shape index (κ1) is 14.9. The lowest BCUT2D eigenvalue weighted by molar-refractivity contribution is 0.0974. The van der Waals surface area contributed by atoms with E-state index in [2.05, 4.69) is 9.98 Å². The molecule has 2 rings (SSSR count). The van der Waals surface area contributed by atoms with Gasteiger partial charge in [0, 0.05) is 20.5 Å². The summed E-state index contributed by atoms with van der Waals surface area (Å²) in [6, 6.07) is 5.97. The fourth-order valence-electron chi connectivity index (χ4n) is 2.03. The van der Waals surface area contributed by atoms with Crippen molar-refractivity contribution in [2.24, 2.45) is 12.0 Å². The lowest BCUT2D eigenvalue weighted by Gasteiger charge is -2.06. The Morgan fingerprint density at radius 2 is 2.05 bits per heavy atom. The Bertz CT molecular complexity index is 721. The normalized spacial score (nSPS) is 11.7. The maximum atomic E-state index is 12.8. The van der Waals surface area contributed by atoms with Gasteiger partial charge < -0.3 is 9.67 Å². The molecule has 0 fully saturated rings. The Morgan fingerprint density at radius 3 is 2.67 bits per heavy atom. The molecule has 21 heavy (non-hydrogen) atoms. The summed E-state index contributed by atoms with van der Waals surface area (Å²) in [5.41, 5.74) is 1.16. The van der Waals surface area contributed by atoms with Crippen molar-refractivity contribution in [1.29, 1.82) is 0 Å². The van der Waals surface area contributed by atoms with Gasteiger partial charge in [-0.15, -0.1) is 0 Å². The van der Waals surface area contributed by atoms with Gasteiger partial charge in [0.05, 0.1) is 6.33 Å². The van der Waals surface area contributed by atoms with Crippen molar-refractivity contribution in [1.82, 2.24) is 9.55 Å². The number of benzene rings is 1. The Kier molecular flexibility index (Phi) is 4.47. The fraction of sp³-hybridized carbons (Fsp3) is 0.267. The molecule has 0 bridgehead atoms. The Hall–Kier alpha value is -2.50. The van der Waals surface area contributed by atoms with Crippen molar-refractivity contribution in [3.05, 3.63) is 53.2 Å². The quantitative estimate of drug-likeness (QED) is 0.870. The number of aromatic hydroxyl groups is 1. The first-order valence-electron chi connectivity index (χ1n) is 6.48. The summed E-state index contributed by atoms with van der Waals surface area (Å²) >= 11 is 0. The molecule has 1 N–H and O–H groups in total. The highest BCUT2D eigenvalue weighted by Gasteiger charge is 2.15.